The number of hydrogen-bond donors (Lipinski definition) is 0. The molecule has 1 nitrogen and oxygen atoms in total. The molecule has 1 saturated carbocycles. The molecular weight excluding hydrogens is 285 g/mol. The van der Waals surface area contributed by atoms with Crippen molar-refractivity contribution in [1.82, 2.24) is 0 Å². The van der Waals surface area contributed by atoms with Crippen LogP contribution in [0.25, 0.3) is 0 Å². The second kappa shape index (κ2) is 5.64. The van der Waals surface area contributed by atoms with Gasteiger partial charge in [-0.3, -0.25) is 4.79 Å². The summed E-state index contributed by atoms with van der Waals surface area (Å²) in [6, 6.07) is 5.21. The molecule has 0 bridgehead atoms. The summed E-state index contributed by atoms with van der Waals surface area (Å²) in [7, 11) is 0. The van der Waals surface area contributed by atoms with Gasteiger partial charge in [0, 0.05) is 10.6 Å². The molecule has 1 aliphatic rings. The topological polar surface area (TPSA) is 17.1 Å². The molecule has 20 heavy (non-hydrogen) atoms. The molecule has 1 fully saturated rings. The Bertz CT molecular complexity index is 513. The summed E-state index contributed by atoms with van der Waals surface area (Å²) in [5.74, 6) is 0.818. The minimum atomic E-state index is -4.29. The number of alkyl halides is 3. The van der Waals surface area contributed by atoms with Crippen LogP contribution in [0, 0.1) is 5.41 Å². The molecule has 0 aromatic heterocycles. The standard InChI is InChI=1S/C15H15F3OS/c1-11(19)6-7-14(8-9-14)10-20-13-4-2-12(3-5-13)15(16,17)18/h2-7H,8-10H2,1H3/b7-6+. The molecule has 0 unspecified atom stereocenters. The van der Waals surface area contributed by atoms with E-state index in [9.17, 15) is 18.0 Å². The molecule has 2 rings (SSSR count). The van der Waals surface area contributed by atoms with Crippen molar-refractivity contribution < 1.29 is 18.0 Å². The predicted molar refractivity (Wildman–Crippen MR) is 73.7 cm³/mol. The van der Waals surface area contributed by atoms with Gasteiger partial charge in [-0.25, -0.2) is 0 Å². The average molecular weight is 300 g/mol. The van der Waals surface area contributed by atoms with Crippen molar-refractivity contribution in [3.05, 3.63) is 42.0 Å². The average Bonchev–Trinajstić information content (AvgIpc) is 3.14. The minimum Gasteiger partial charge on any atom is -0.295 e. The van der Waals surface area contributed by atoms with Gasteiger partial charge in [-0.15, -0.1) is 11.8 Å². The lowest BCUT2D eigenvalue weighted by molar-refractivity contribution is -0.137. The van der Waals surface area contributed by atoms with Gasteiger partial charge in [0.15, 0.2) is 5.78 Å². The maximum atomic E-state index is 12.4. The monoisotopic (exact) mass is 300 g/mol. The first kappa shape index (κ1) is 15.2. The number of hydrogen-bond acceptors (Lipinski definition) is 2. The van der Waals surface area contributed by atoms with Gasteiger partial charge in [0.1, 0.15) is 0 Å². The smallest absolute Gasteiger partial charge is 0.295 e. The molecule has 1 aliphatic carbocycles. The van der Waals surface area contributed by atoms with Gasteiger partial charge < -0.3 is 0 Å². The third-order valence-electron chi connectivity index (χ3n) is 3.27. The van der Waals surface area contributed by atoms with Gasteiger partial charge in [-0.1, -0.05) is 6.08 Å². The van der Waals surface area contributed by atoms with E-state index in [4.69, 9.17) is 0 Å². The zero-order valence-corrected chi connectivity index (χ0v) is 11.9. The number of rotatable bonds is 5. The molecule has 1 aromatic carbocycles. The van der Waals surface area contributed by atoms with Crippen molar-refractivity contribution in [2.75, 3.05) is 5.75 Å². The van der Waals surface area contributed by atoms with E-state index in [1.807, 2.05) is 6.08 Å². The fourth-order valence-electron chi connectivity index (χ4n) is 1.78. The molecule has 0 heterocycles. The SMILES string of the molecule is CC(=O)/C=C/C1(CSc2ccc(C(F)(F)F)cc2)CC1. The lowest BCUT2D eigenvalue weighted by Crippen LogP contribution is -2.04. The Hall–Kier alpha value is -1.23. The lowest BCUT2D eigenvalue weighted by atomic mass is 10.1. The Morgan fingerprint density at radius 2 is 1.90 bits per heavy atom. The second-order valence-corrected chi connectivity index (χ2v) is 6.17. The van der Waals surface area contributed by atoms with E-state index >= 15 is 0 Å². The van der Waals surface area contributed by atoms with Crippen molar-refractivity contribution in [2.45, 2.75) is 30.8 Å². The van der Waals surface area contributed by atoms with E-state index in [2.05, 4.69) is 0 Å². The van der Waals surface area contributed by atoms with Crippen LogP contribution in [0.1, 0.15) is 25.3 Å². The molecule has 1 aromatic rings. The Morgan fingerprint density at radius 1 is 1.30 bits per heavy atom. The summed E-state index contributed by atoms with van der Waals surface area (Å²) in [6.07, 6.45) is 1.30. The molecule has 108 valence electrons. The molecule has 0 atom stereocenters. The Labute approximate surface area is 120 Å². The van der Waals surface area contributed by atoms with Gasteiger partial charge in [-0.2, -0.15) is 13.2 Å². The molecule has 0 aliphatic heterocycles. The van der Waals surface area contributed by atoms with E-state index in [-0.39, 0.29) is 11.2 Å². The van der Waals surface area contributed by atoms with E-state index in [1.54, 1.807) is 6.08 Å². The molecule has 0 spiro atoms. The number of allylic oxidation sites excluding steroid dienone is 2. The first-order valence-corrected chi connectivity index (χ1v) is 7.29. The van der Waals surface area contributed by atoms with E-state index < -0.39 is 11.7 Å². The molecule has 0 radical (unpaired) electrons. The summed E-state index contributed by atoms with van der Waals surface area (Å²) in [6.45, 7) is 1.51. The fourth-order valence-corrected chi connectivity index (χ4v) is 2.95. The van der Waals surface area contributed by atoms with Crippen LogP contribution < -0.4 is 0 Å². The van der Waals surface area contributed by atoms with Crippen LogP contribution in [0.5, 0.6) is 0 Å². The van der Waals surface area contributed by atoms with E-state index in [0.29, 0.717) is 0 Å². The summed E-state index contributed by atoms with van der Waals surface area (Å²) in [5.41, 5.74) is -0.571. The van der Waals surface area contributed by atoms with Crippen molar-refractivity contribution in [3.63, 3.8) is 0 Å². The van der Waals surface area contributed by atoms with Gasteiger partial charge >= 0.3 is 6.18 Å². The van der Waals surface area contributed by atoms with E-state index in [1.165, 1.54) is 30.8 Å². The molecule has 0 saturated heterocycles. The Balaban J connectivity index is 1.93. The fraction of sp³-hybridized carbons (Fsp3) is 0.400. The first-order chi connectivity index (χ1) is 9.31. The summed E-state index contributed by atoms with van der Waals surface area (Å²) in [4.78, 5) is 11.7. The highest BCUT2D eigenvalue weighted by molar-refractivity contribution is 7.99. The van der Waals surface area contributed by atoms with Crippen LogP contribution in [-0.4, -0.2) is 11.5 Å². The summed E-state index contributed by atoms with van der Waals surface area (Å²) < 4.78 is 37.3. The zero-order chi connectivity index (χ0) is 14.8. The third kappa shape index (κ3) is 4.13. The lowest BCUT2D eigenvalue weighted by Gasteiger charge is -2.10. The number of thioether (sulfide) groups is 1. The number of carbonyl (C=O) groups is 1. The van der Waals surface area contributed by atoms with Crippen LogP contribution in [0.15, 0.2) is 41.3 Å². The van der Waals surface area contributed by atoms with Crippen LogP contribution in [0.3, 0.4) is 0 Å². The van der Waals surface area contributed by atoms with Gasteiger partial charge in [0.25, 0.3) is 0 Å². The van der Waals surface area contributed by atoms with E-state index in [0.717, 1.165) is 35.6 Å². The van der Waals surface area contributed by atoms with Crippen LogP contribution in [-0.2, 0) is 11.0 Å². The van der Waals surface area contributed by atoms with Gasteiger partial charge in [0.05, 0.1) is 5.56 Å². The molecule has 0 N–H and O–H groups in total. The van der Waals surface area contributed by atoms with Crippen LogP contribution in [0.4, 0.5) is 13.2 Å². The van der Waals surface area contributed by atoms with Gasteiger partial charge in [-0.05, 0) is 55.5 Å². The number of benzene rings is 1. The minimum absolute atomic E-state index is 0.0239. The van der Waals surface area contributed by atoms with Gasteiger partial charge in [0.2, 0.25) is 0 Å². The van der Waals surface area contributed by atoms with Crippen LogP contribution >= 0.6 is 11.8 Å². The number of halogens is 3. The second-order valence-electron chi connectivity index (χ2n) is 5.12. The highest BCUT2D eigenvalue weighted by atomic mass is 32.2. The number of carbonyl (C=O) groups excluding carboxylic acids is 1. The largest absolute Gasteiger partial charge is 0.416 e. The van der Waals surface area contributed by atoms with Crippen molar-refractivity contribution in [3.8, 4) is 0 Å². The normalized spacial score (nSPS) is 17.4. The number of ketones is 1. The highest BCUT2D eigenvalue weighted by Gasteiger charge is 2.40. The molecule has 5 heteroatoms. The zero-order valence-electron chi connectivity index (χ0n) is 11.0. The highest BCUT2D eigenvalue weighted by Crippen LogP contribution is 2.50. The third-order valence-corrected chi connectivity index (χ3v) is 4.60. The van der Waals surface area contributed by atoms with Crippen molar-refractivity contribution in [2.24, 2.45) is 5.41 Å². The molecular formula is C15H15F3OS. The summed E-state index contributed by atoms with van der Waals surface area (Å²) in [5, 5.41) is 0. The quantitative estimate of drug-likeness (QED) is 0.578. The van der Waals surface area contributed by atoms with Crippen molar-refractivity contribution >= 4 is 17.5 Å². The predicted octanol–water partition coefficient (Wildman–Crippen LogP) is 4.72. The summed E-state index contributed by atoms with van der Waals surface area (Å²) >= 11 is 1.53. The maximum absolute atomic E-state index is 12.4. The van der Waals surface area contributed by atoms with Crippen LogP contribution in [0.2, 0.25) is 0 Å². The van der Waals surface area contributed by atoms with Crippen molar-refractivity contribution in [1.29, 1.82) is 0 Å². The Morgan fingerprint density at radius 3 is 2.35 bits per heavy atom. The first-order valence-electron chi connectivity index (χ1n) is 6.31. The molecule has 0 amide bonds. The maximum Gasteiger partial charge on any atom is 0.416 e. The Kier molecular flexibility index (Phi) is 4.28.